The summed E-state index contributed by atoms with van der Waals surface area (Å²) in [6.07, 6.45) is 0.653. The summed E-state index contributed by atoms with van der Waals surface area (Å²) >= 11 is 0. The van der Waals surface area contributed by atoms with Crippen LogP contribution in [0.2, 0.25) is 0 Å². The van der Waals surface area contributed by atoms with Crippen molar-refractivity contribution in [2.45, 2.75) is 26.2 Å². The molecule has 0 amide bonds. The fraction of sp³-hybridized carbons (Fsp3) is 0.308. The van der Waals surface area contributed by atoms with Crippen molar-refractivity contribution in [3.63, 3.8) is 0 Å². The fourth-order valence-corrected chi connectivity index (χ4v) is 1.49. The van der Waals surface area contributed by atoms with Crippen LogP contribution in [0.25, 0.3) is 0 Å². The quantitative estimate of drug-likeness (QED) is 0.789. The molecule has 0 saturated carbocycles. The molecule has 0 bridgehead atoms. The standard InChI is InChI=1S/C13H14FNO/c1-9(2)13-8-12(16-15-13)7-10-3-5-11(14)6-4-10/h3-6,8-9H,7H2,1-2H3. The average Bonchev–Trinajstić information content (AvgIpc) is 2.70. The maximum atomic E-state index is 12.7. The monoisotopic (exact) mass is 219 g/mol. The fourth-order valence-electron chi connectivity index (χ4n) is 1.49. The maximum absolute atomic E-state index is 12.7. The summed E-state index contributed by atoms with van der Waals surface area (Å²) in [5, 5.41) is 3.98. The van der Waals surface area contributed by atoms with Gasteiger partial charge in [-0.1, -0.05) is 31.1 Å². The molecule has 0 unspecified atom stereocenters. The second-order valence-electron chi connectivity index (χ2n) is 4.18. The van der Waals surface area contributed by atoms with Gasteiger partial charge in [0.2, 0.25) is 0 Å². The van der Waals surface area contributed by atoms with Gasteiger partial charge in [0.1, 0.15) is 11.6 Å². The van der Waals surface area contributed by atoms with E-state index in [1.54, 1.807) is 12.1 Å². The van der Waals surface area contributed by atoms with Crippen LogP contribution in [0.1, 0.15) is 36.8 Å². The van der Waals surface area contributed by atoms with E-state index in [1.807, 2.05) is 6.07 Å². The average molecular weight is 219 g/mol. The molecule has 1 aromatic carbocycles. The van der Waals surface area contributed by atoms with Crippen molar-refractivity contribution < 1.29 is 8.91 Å². The Kier molecular flexibility index (Phi) is 3.04. The first-order valence-corrected chi connectivity index (χ1v) is 5.35. The lowest BCUT2D eigenvalue weighted by atomic mass is 10.1. The highest BCUT2D eigenvalue weighted by molar-refractivity contribution is 5.22. The first-order chi connectivity index (χ1) is 7.65. The molecule has 1 aromatic heterocycles. The lowest BCUT2D eigenvalue weighted by molar-refractivity contribution is 0.380. The van der Waals surface area contributed by atoms with E-state index in [0.717, 1.165) is 17.0 Å². The first-order valence-electron chi connectivity index (χ1n) is 5.35. The third-order valence-corrected chi connectivity index (χ3v) is 2.46. The molecule has 16 heavy (non-hydrogen) atoms. The van der Waals surface area contributed by atoms with Crippen LogP contribution in [-0.2, 0) is 6.42 Å². The largest absolute Gasteiger partial charge is 0.361 e. The van der Waals surface area contributed by atoms with Gasteiger partial charge in [0.05, 0.1) is 5.69 Å². The molecule has 0 N–H and O–H groups in total. The Balaban J connectivity index is 2.11. The zero-order valence-corrected chi connectivity index (χ0v) is 9.40. The smallest absolute Gasteiger partial charge is 0.141 e. The highest BCUT2D eigenvalue weighted by Gasteiger charge is 2.08. The van der Waals surface area contributed by atoms with Gasteiger partial charge in [-0.05, 0) is 23.6 Å². The van der Waals surface area contributed by atoms with Crippen LogP contribution < -0.4 is 0 Å². The third-order valence-electron chi connectivity index (χ3n) is 2.46. The van der Waals surface area contributed by atoms with E-state index in [9.17, 15) is 4.39 Å². The Hall–Kier alpha value is -1.64. The molecule has 0 aliphatic carbocycles. The first kappa shape index (κ1) is 10.9. The van der Waals surface area contributed by atoms with Crippen molar-refractivity contribution >= 4 is 0 Å². The number of hydrogen-bond donors (Lipinski definition) is 0. The molecule has 2 aromatic rings. The van der Waals surface area contributed by atoms with Gasteiger partial charge in [-0.25, -0.2) is 4.39 Å². The van der Waals surface area contributed by atoms with Crippen molar-refractivity contribution in [2.75, 3.05) is 0 Å². The topological polar surface area (TPSA) is 26.0 Å². The van der Waals surface area contributed by atoms with Crippen LogP contribution in [0.5, 0.6) is 0 Å². The number of halogens is 1. The van der Waals surface area contributed by atoms with E-state index in [2.05, 4.69) is 19.0 Å². The number of hydrogen-bond acceptors (Lipinski definition) is 2. The highest BCUT2D eigenvalue weighted by Crippen LogP contribution is 2.16. The lowest BCUT2D eigenvalue weighted by Crippen LogP contribution is -1.86. The number of rotatable bonds is 3. The van der Waals surface area contributed by atoms with Crippen LogP contribution in [0.4, 0.5) is 4.39 Å². The van der Waals surface area contributed by atoms with Crippen LogP contribution in [0.15, 0.2) is 34.9 Å². The van der Waals surface area contributed by atoms with Crippen molar-refractivity contribution in [2.24, 2.45) is 0 Å². The van der Waals surface area contributed by atoms with Crippen LogP contribution in [0.3, 0.4) is 0 Å². The molecule has 0 spiro atoms. The minimum atomic E-state index is -0.218. The number of nitrogens with zero attached hydrogens (tertiary/aromatic N) is 1. The van der Waals surface area contributed by atoms with Crippen molar-refractivity contribution in [1.29, 1.82) is 0 Å². The van der Waals surface area contributed by atoms with Gasteiger partial charge in [-0.3, -0.25) is 0 Å². The molecular formula is C13H14FNO. The summed E-state index contributed by atoms with van der Waals surface area (Å²) in [4.78, 5) is 0. The summed E-state index contributed by atoms with van der Waals surface area (Å²) in [6.45, 7) is 4.14. The predicted octanol–water partition coefficient (Wildman–Crippen LogP) is 3.53. The Bertz CT molecular complexity index is 459. The van der Waals surface area contributed by atoms with E-state index in [1.165, 1.54) is 12.1 Å². The summed E-state index contributed by atoms with van der Waals surface area (Å²) in [7, 11) is 0. The summed E-state index contributed by atoms with van der Waals surface area (Å²) in [6, 6.07) is 8.37. The van der Waals surface area contributed by atoms with Crippen LogP contribution in [0, 0.1) is 5.82 Å². The minimum absolute atomic E-state index is 0.218. The summed E-state index contributed by atoms with van der Waals surface area (Å²) in [5.41, 5.74) is 1.98. The SMILES string of the molecule is CC(C)c1cc(Cc2ccc(F)cc2)on1. The molecule has 0 atom stereocenters. The van der Waals surface area contributed by atoms with Gasteiger partial charge >= 0.3 is 0 Å². The van der Waals surface area contributed by atoms with Crippen LogP contribution >= 0.6 is 0 Å². The zero-order valence-electron chi connectivity index (χ0n) is 9.40. The minimum Gasteiger partial charge on any atom is -0.361 e. The van der Waals surface area contributed by atoms with E-state index < -0.39 is 0 Å². The van der Waals surface area contributed by atoms with Gasteiger partial charge in [0.15, 0.2) is 0 Å². The van der Waals surface area contributed by atoms with Crippen molar-refractivity contribution in [1.82, 2.24) is 5.16 Å². The molecule has 0 aliphatic rings. The van der Waals surface area contributed by atoms with Gasteiger partial charge in [-0.15, -0.1) is 0 Å². The summed E-state index contributed by atoms with van der Waals surface area (Å²) in [5.74, 6) is 0.963. The highest BCUT2D eigenvalue weighted by atomic mass is 19.1. The molecule has 84 valence electrons. The number of benzene rings is 1. The third kappa shape index (κ3) is 2.48. The molecule has 2 nitrogen and oxygen atoms in total. The lowest BCUT2D eigenvalue weighted by Gasteiger charge is -1.96. The molecule has 0 saturated heterocycles. The zero-order chi connectivity index (χ0) is 11.5. The van der Waals surface area contributed by atoms with Crippen LogP contribution in [-0.4, -0.2) is 5.16 Å². The predicted molar refractivity (Wildman–Crippen MR) is 59.8 cm³/mol. The van der Waals surface area contributed by atoms with Gasteiger partial charge in [0, 0.05) is 12.5 Å². The van der Waals surface area contributed by atoms with Crippen molar-refractivity contribution in [3.8, 4) is 0 Å². The Labute approximate surface area is 94.1 Å². The van der Waals surface area contributed by atoms with E-state index in [0.29, 0.717) is 12.3 Å². The van der Waals surface area contributed by atoms with E-state index in [4.69, 9.17) is 4.52 Å². The molecule has 0 fully saturated rings. The van der Waals surface area contributed by atoms with Crippen molar-refractivity contribution in [3.05, 3.63) is 53.2 Å². The molecule has 0 aliphatic heterocycles. The Morgan fingerprint density at radius 2 is 1.94 bits per heavy atom. The molecule has 0 radical (unpaired) electrons. The van der Waals surface area contributed by atoms with E-state index >= 15 is 0 Å². The van der Waals surface area contributed by atoms with Gasteiger partial charge in [-0.2, -0.15) is 0 Å². The molecule has 1 heterocycles. The second kappa shape index (κ2) is 4.47. The second-order valence-corrected chi connectivity index (χ2v) is 4.18. The molecule has 2 rings (SSSR count). The maximum Gasteiger partial charge on any atom is 0.141 e. The molecular weight excluding hydrogens is 205 g/mol. The van der Waals surface area contributed by atoms with E-state index in [-0.39, 0.29) is 5.82 Å². The normalized spacial score (nSPS) is 11.0. The van der Waals surface area contributed by atoms with Gasteiger partial charge < -0.3 is 4.52 Å². The Morgan fingerprint density at radius 3 is 2.50 bits per heavy atom. The van der Waals surface area contributed by atoms with Gasteiger partial charge in [0.25, 0.3) is 0 Å². The Morgan fingerprint density at radius 1 is 1.25 bits per heavy atom. The number of aromatic nitrogens is 1. The summed E-state index contributed by atoms with van der Waals surface area (Å²) < 4.78 is 17.9. The molecule has 3 heteroatoms.